The van der Waals surface area contributed by atoms with Crippen LogP contribution >= 0.6 is 11.6 Å². The SMILES string of the molecule is Cc1ccc(S(=O)(=O)N2CCCC(CO)C2)cc1Cl. The van der Waals surface area contributed by atoms with Crippen LogP contribution in [0.4, 0.5) is 0 Å². The molecule has 0 bridgehead atoms. The Morgan fingerprint density at radius 3 is 2.84 bits per heavy atom. The van der Waals surface area contributed by atoms with Crippen molar-refractivity contribution < 1.29 is 13.5 Å². The summed E-state index contributed by atoms with van der Waals surface area (Å²) in [5.41, 5.74) is 0.854. The van der Waals surface area contributed by atoms with Crippen molar-refractivity contribution in [1.82, 2.24) is 4.31 Å². The van der Waals surface area contributed by atoms with Crippen molar-refractivity contribution in [1.29, 1.82) is 0 Å². The van der Waals surface area contributed by atoms with Crippen molar-refractivity contribution in [2.45, 2.75) is 24.7 Å². The van der Waals surface area contributed by atoms with Gasteiger partial charge in [-0.05, 0) is 43.4 Å². The first kappa shape index (κ1) is 14.8. The van der Waals surface area contributed by atoms with Crippen LogP contribution in [0.15, 0.2) is 23.1 Å². The molecule has 1 fully saturated rings. The predicted octanol–water partition coefficient (Wildman–Crippen LogP) is 2.04. The Morgan fingerprint density at radius 2 is 2.21 bits per heavy atom. The average Bonchev–Trinajstić information content (AvgIpc) is 2.41. The van der Waals surface area contributed by atoms with E-state index in [-0.39, 0.29) is 17.4 Å². The second-order valence-electron chi connectivity index (χ2n) is 4.96. The molecule has 1 aromatic rings. The number of rotatable bonds is 3. The first-order valence-electron chi connectivity index (χ1n) is 6.32. The second kappa shape index (κ2) is 5.79. The van der Waals surface area contributed by atoms with Gasteiger partial charge in [-0.3, -0.25) is 0 Å². The highest BCUT2D eigenvalue weighted by atomic mass is 35.5. The van der Waals surface area contributed by atoms with Crippen LogP contribution in [0, 0.1) is 12.8 Å². The van der Waals surface area contributed by atoms with Gasteiger partial charge in [-0.2, -0.15) is 4.31 Å². The van der Waals surface area contributed by atoms with Crippen LogP contribution in [0.2, 0.25) is 5.02 Å². The fourth-order valence-corrected chi connectivity index (χ4v) is 4.10. The normalized spacial score (nSPS) is 21.5. The minimum absolute atomic E-state index is 0.0284. The Morgan fingerprint density at radius 1 is 1.47 bits per heavy atom. The van der Waals surface area contributed by atoms with Crippen molar-refractivity contribution >= 4 is 21.6 Å². The van der Waals surface area contributed by atoms with Crippen LogP contribution in [0.1, 0.15) is 18.4 Å². The van der Waals surface area contributed by atoms with Gasteiger partial charge in [0, 0.05) is 24.7 Å². The molecule has 6 heteroatoms. The Labute approximate surface area is 119 Å². The highest BCUT2D eigenvalue weighted by molar-refractivity contribution is 7.89. The molecule has 1 saturated heterocycles. The van der Waals surface area contributed by atoms with Crippen LogP contribution in [0.5, 0.6) is 0 Å². The molecule has 1 aliphatic heterocycles. The molecule has 19 heavy (non-hydrogen) atoms. The Hall–Kier alpha value is -0.620. The lowest BCUT2D eigenvalue weighted by molar-refractivity contribution is 0.165. The highest BCUT2D eigenvalue weighted by Gasteiger charge is 2.30. The van der Waals surface area contributed by atoms with E-state index in [4.69, 9.17) is 11.6 Å². The zero-order valence-electron chi connectivity index (χ0n) is 10.8. The van der Waals surface area contributed by atoms with Gasteiger partial charge in [0.1, 0.15) is 0 Å². The van der Waals surface area contributed by atoms with Crippen molar-refractivity contribution in [2.24, 2.45) is 5.92 Å². The summed E-state index contributed by atoms with van der Waals surface area (Å²) in [6.45, 7) is 2.75. The smallest absolute Gasteiger partial charge is 0.243 e. The number of halogens is 1. The third kappa shape index (κ3) is 3.11. The lowest BCUT2D eigenvalue weighted by Gasteiger charge is -2.31. The van der Waals surface area contributed by atoms with E-state index >= 15 is 0 Å². The lowest BCUT2D eigenvalue weighted by Crippen LogP contribution is -2.40. The molecule has 1 aromatic carbocycles. The van der Waals surface area contributed by atoms with Gasteiger partial charge in [0.2, 0.25) is 10.0 Å². The Balaban J connectivity index is 2.28. The van der Waals surface area contributed by atoms with E-state index in [0.29, 0.717) is 18.1 Å². The van der Waals surface area contributed by atoms with Gasteiger partial charge in [-0.1, -0.05) is 17.7 Å². The zero-order chi connectivity index (χ0) is 14.0. The molecule has 0 amide bonds. The Bertz CT molecular complexity index is 559. The summed E-state index contributed by atoms with van der Waals surface area (Å²) < 4.78 is 26.4. The minimum Gasteiger partial charge on any atom is -0.396 e. The number of benzene rings is 1. The van der Waals surface area contributed by atoms with Crippen molar-refractivity contribution in [2.75, 3.05) is 19.7 Å². The maximum Gasteiger partial charge on any atom is 0.243 e. The quantitative estimate of drug-likeness (QED) is 0.929. The van der Waals surface area contributed by atoms with E-state index in [9.17, 15) is 13.5 Å². The maximum absolute atomic E-state index is 12.5. The summed E-state index contributed by atoms with van der Waals surface area (Å²) in [7, 11) is -3.51. The number of hydrogen-bond donors (Lipinski definition) is 1. The molecule has 1 aliphatic rings. The van der Waals surface area contributed by atoms with E-state index in [2.05, 4.69) is 0 Å². The van der Waals surface area contributed by atoms with Crippen molar-refractivity contribution in [3.05, 3.63) is 28.8 Å². The number of sulfonamides is 1. The number of aryl methyl sites for hydroxylation is 1. The summed E-state index contributed by atoms with van der Waals surface area (Å²) in [4.78, 5) is 0.224. The summed E-state index contributed by atoms with van der Waals surface area (Å²) in [6.07, 6.45) is 1.65. The molecule has 1 heterocycles. The van der Waals surface area contributed by atoms with Crippen LogP contribution in [0.3, 0.4) is 0 Å². The van der Waals surface area contributed by atoms with Gasteiger partial charge in [0.25, 0.3) is 0 Å². The zero-order valence-corrected chi connectivity index (χ0v) is 12.4. The molecule has 4 nitrogen and oxygen atoms in total. The second-order valence-corrected chi connectivity index (χ2v) is 7.31. The summed E-state index contributed by atoms with van der Waals surface area (Å²) in [5.74, 6) is 0.0319. The number of nitrogens with zero attached hydrogens (tertiary/aromatic N) is 1. The van der Waals surface area contributed by atoms with Crippen LogP contribution < -0.4 is 0 Å². The Kier molecular flexibility index (Phi) is 4.50. The van der Waals surface area contributed by atoms with E-state index in [0.717, 1.165) is 18.4 Å². The molecule has 0 aromatic heterocycles. The van der Waals surface area contributed by atoms with Crippen LogP contribution in [-0.4, -0.2) is 37.5 Å². The molecular formula is C13H18ClNO3S. The standard InChI is InChI=1S/C13H18ClNO3S/c1-10-4-5-12(7-13(10)14)19(17,18)15-6-2-3-11(8-15)9-16/h4-5,7,11,16H,2-3,6,8-9H2,1H3. The lowest BCUT2D eigenvalue weighted by atomic mass is 10.0. The topological polar surface area (TPSA) is 57.6 Å². The van der Waals surface area contributed by atoms with Crippen LogP contribution in [-0.2, 0) is 10.0 Å². The van der Waals surface area contributed by atoms with E-state index < -0.39 is 10.0 Å². The first-order chi connectivity index (χ1) is 8.95. The third-order valence-electron chi connectivity index (χ3n) is 3.52. The largest absolute Gasteiger partial charge is 0.396 e. The molecule has 1 atom stereocenters. The van der Waals surface area contributed by atoms with Crippen molar-refractivity contribution in [3.8, 4) is 0 Å². The van der Waals surface area contributed by atoms with E-state index in [1.165, 1.54) is 10.4 Å². The van der Waals surface area contributed by atoms with Gasteiger partial charge in [0.05, 0.1) is 4.90 Å². The van der Waals surface area contributed by atoms with Gasteiger partial charge < -0.3 is 5.11 Å². The summed E-state index contributed by atoms with van der Waals surface area (Å²) in [6, 6.07) is 4.79. The molecular weight excluding hydrogens is 286 g/mol. The molecule has 1 unspecified atom stereocenters. The third-order valence-corrected chi connectivity index (χ3v) is 5.79. The number of hydrogen-bond acceptors (Lipinski definition) is 3. The monoisotopic (exact) mass is 303 g/mol. The first-order valence-corrected chi connectivity index (χ1v) is 8.14. The van der Waals surface area contributed by atoms with Crippen LogP contribution in [0.25, 0.3) is 0 Å². The molecule has 1 N–H and O–H groups in total. The number of piperidine rings is 1. The predicted molar refractivity (Wildman–Crippen MR) is 74.8 cm³/mol. The van der Waals surface area contributed by atoms with Gasteiger partial charge in [-0.25, -0.2) is 8.42 Å². The van der Waals surface area contributed by atoms with E-state index in [1.807, 2.05) is 6.92 Å². The molecule has 0 radical (unpaired) electrons. The number of aliphatic hydroxyl groups is 1. The molecule has 106 valence electrons. The minimum atomic E-state index is -3.51. The molecule has 0 spiro atoms. The molecule has 0 saturated carbocycles. The fourth-order valence-electron chi connectivity index (χ4n) is 2.28. The average molecular weight is 304 g/mol. The fraction of sp³-hybridized carbons (Fsp3) is 0.538. The van der Waals surface area contributed by atoms with Crippen molar-refractivity contribution in [3.63, 3.8) is 0 Å². The van der Waals surface area contributed by atoms with E-state index in [1.54, 1.807) is 12.1 Å². The summed E-state index contributed by atoms with van der Waals surface area (Å²) >= 11 is 5.99. The van der Waals surface area contributed by atoms with Gasteiger partial charge in [-0.15, -0.1) is 0 Å². The van der Waals surface area contributed by atoms with Gasteiger partial charge >= 0.3 is 0 Å². The molecule has 0 aliphatic carbocycles. The molecule has 2 rings (SSSR count). The number of aliphatic hydroxyl groups excluding tert-OH is 1. The summed E-state index contributed by atoms with van der Waals surface area (Å²) in [5, 5.41) is 9.64. The van der Waals surface area contributed by atoms with Gasteiger partial charge in [0.15, 0.2) is 0 Å². The highest BCUT2D eigenvalue weighted by Crippen LogP contribution is 2.26. The maximum atomic E-state index is 12.5.